The van der Waals surface area contributed by atoms with Gasteiger partial charge in [-0.25, -0.2) is 4.39 Å². The van der Waals surface area contributed by atoms with Crippen LogP contribution in [0.2, 0.25) is 0 Å². The minimum Gasteiger partial charge on any atom is -0.503 e. The maximum absolute atomic E-state index is 13.3. The number of halogens is 1. The number of nitrogens with zero attached hydrogens (tertiary/aromatic N) is 1. The average molecular weight is 381 g/mol. The molecule has 1 atom stereocenters. The Morgan fingerprint density at radius 2 is 1.79 bits per heavy atom. The van der Waals surface area contributed by atoms with Crippen LogP contribution in [0, 0.1) is 18.2 Å². The van der Waals surface area contributed by atoms with Gasteiger partial charge in [0, 0.05) is 12.0 Å². The Labute approximate surface area is 164 Å². The van der Waals surface area contributed by atoms with Crippen molar-refractivity contribution in [3.63, 3.8) is 0 Å². The number of benzene rings is 2. The van der Waals surface area contributed by atoms with Crippen molar-refractivity contribution in [2.45, 2.75) is 40.3 Å². The van der Waals surface area contributed by atoms with E-state index in [1.165, 1.54) is 17.0 Å². The molecule has 2 aromatic carbocycles. The van der Waals surface area contributed by atoms with Crippen molar-refractivity contribution >= 4 is 11.7 Å². The number of aryl methyl sites for hydroxylation is 1. The number of rotatable bonds is 4. The van der Waals surface area contributed by atoms with Crippen LogP contribution in [0.15, 0.2) is 59.9 Å². The van der Waals surface area contributed by atoms with Gasteiger partial charge in [-0.05, 0) is 30.2 Å². The number of hydrogen-bond donors (Lipinski definition) is 1. The van der Waals surface area contributed by atoms with Gasteiger partial charge in [-0.3, -0.25) is 9.59 Å². The van der Waals surface area contributed by atoms with Crippen molar-refractivity contribution < 1.29 is 19.1 Å². The van der Waals surface area contributed by atoms with Gasteiger partial charge >= 0.3 is 0 Å². The highest BCUT2D eigenvalue weighted by Gasteiger charge is 2.45. The number of carbonyl (C=O) groups excluding carboxylic acids is 2. The summed E-state index contributed by atoms with van der Waals surface area (Å²) in [6.45, 7) is 7.37. The number of aliphatic hydroxyl groups excluding tert-OH is 1. The molecular weight excluding hydrogens is 357 g/mol. The van der Waals surface area contributed by atoms with Gasteiger partial charge in [0.05, 0.1) is 11.6 Å². The van der Waals surface area contributed by atoms with Crippen molar-refractivity contribution in [2.75, 3.05) is 0 Å². The summed E-state index contributed by atoms with van der Waals surface area (Å²) in [5, 5.41) is 10.6. The number of Topliss-reactive ketones (excluding diaryl/α,β-unsaturated/α-hetero) is 1. The van der Waals surface area contributed by atoms with Gasteiger partial charge in [0.25, 0.3) is 5.91 Å². The molecule has 0 saturated carbocycles. The van der Waals surface area contributed by atoms with E-state index in [-0.39, 0.29) is 23.7 Å². The van der Waals surface area contributed by atoms with Crippen LogP contribution in [0.25, 0.3) is 0 Å². The van der Waals surface area contributed by atoms with Gasteiger partial charge in [-0.15, -0.1) is 0 Å². The molecule has 28 heavy (non-hydrogen) atoms. The van der Waals surface area contributed by atoms with Gasteiger partial charge in [0.2, 0.25) is 0 Å². The Kier molecular flexibility index (Phi) is 5.11. The molecule has 1 heterocycles. The molecule has 0 fully saturated rings. The lowest BCUT2D eigenvalue weighted by molar-refractivity contribution is -0.130. The second kappa shape index (κ2) is 7.23. The predicted octanol–water partition coefficient (Wildman–Crippen LogP) is 4.64. The fourth-order valence-corrected chi connectivity index (χ4v) is 3.43. The summed E-state index contributed by atoms with van der Waals surface area (Å²) in [7, 11) is 0. The molecule has 0 aliphatic carbocycles. The summed E-state index contributed by atoms with van der Waals surface area (Å²) in [6.07, 6.45) is 0. The van der Waals surface area contributed by atoms with Crippen LogP contribution in [0.5, 0.6) is 0 Å². The van der Waals surface area contributed by atoms with E-state index in [0.29, 0.717) is 5.56 Å². The first-order valence-corrected chi connectivity index (χ1v) is 9.19. The lowest BCUT2D eigenvalue weighted by atomic mass is 9.82. The quantitative estimate of drug-likeness (QED) is 0.839. The van der Waals surface area contributed by atoms with E-state index in [1.807, 2.05) is 31.2 Å². The van der Waals surface area contributed by atoms with Gasteiger partial charge in [-0.2, -0.15) is 0 Å². The molecule has 1 amide bonds. The Bertz CT molecular complexity index is 955. The first-order valence-electron chi connectivity index (χ1n) is 9.19. The maximum Gasteiger partial charge on any atom is 0.290 e. The van der Waals surface area contributed by atoms with E-state index in [9.17, 15) is 19.1 Å². The zero-order valence-electron chi connectivity index (χ0n) is 16.5. The molecule has 0 spiro atoms. The number of amides is 1. The molecule has 1 aliphatic rings. The zero-order chi connectivity index (χ0) is 20.6. The number of hydrogen-bond acceptors (Lipinski definition) is 3. The summed E-state index contributed by atoms with van der Waals surface area (Å²) < 4.78 is 13.3. The van der Waals surface area contributed by atoms with Crippen molar-refractivity contribution in [2.24, 2.45) is 5.41 Å². The van der Waals surface area contributed by atoms with Crippen LogP contribution in [0.3, 0.4) is 0 Å². The third-order valence-corrected chi connectivity index (χ3v) is 4.85. The molecule has 3 rings (SSSR count). The zero-order valence-corrected chi connectivity index (χ0v) is 16.5. The Morgan fingerprint density at radius 3 is 2.36 bits per heavy atom. The third-order valence-electron chi connectivity index (χ3n) is 4.85. The summed E-state index contributed by atoms with van der Waals surface area (Å²) in [5.41, 5.74) is 1.82. The molecule has 146 valence electrons. The lowest BCUT2D eigenvalue weighted by Gasteiger charge is -2.29. The van der Waals surface area contributed by atoms with Crippen LogP contribution >= 0.6 is 0 Å². The fourth-order valence-electron chi connectivity index (χ4n) is 3.43. The normalized spacial score (nSPS) is 17.4. The molecule has 0 bridgehead atoms. The summed E-state index contributed by atoms with van der Waals surface area (Å²) >= 11 is 0. The van der Waals surface area contributed by atoms with Gasteiger partial charge < -0.3 is 10.0 Å². The molecule has 0 aromatic heterocycles. The van der Waals surface area contributed by atoms with Crippen molar-refractivity contribution in [1.29, 1.82) is 0 Å². The molecule has 1 N–H and O–H groups in total. The number of ketones is 1. The van der Waals surface area contributed by atoms with Crippen LogP contribution in [0.4, 0.5) is 4.39 Å². The average Bonchev–Trinajstić information content (AvgIpc) is 2.87. The number of carbonyl (C=O) groups is 2. The maximum atomic E-state index is 13.3. The molecule has 5 heteroatoms. The topological polar surface area (TPSA) is 57.6 Å². The highest BCUT2D eigenvalue weighted by atomic mass is 19.1. The number of aliphatic hydroxyl groups is 1. The smallest absolute Gasteiger partial charge is 0.290 e. The molecule has 2 aromatic rings. The SMILES string of the molecule is Cc1cccc(C2C(C(=O)C(C)(C)C)=C(O)C(=O)N2Cc2ccc(F)cc2)c1. The van der Waals surface area contributed by atoms with E-state index in [2.05, 4.69) is 0 Å². The minimum atomic E-state index is -0.752. The van der Waals surface area contributed by atoms with Crippen molar-refractivity contribution in [3.8, 4) is 0 Å². The van der Waals surface area contributed by atoms with Crippen LogP contribution in [-0.2, 0) is 16.1 Å². The Morgan fingerprint density at radius 1 is 1.14 bits per heavy atom. The highest BCUT2D eigenvalue weighted by Crippen LogP contribution is 2.41. The molecule has 0 saturated heterocycles. The first-order chi connectivity index (χ1) is 13.1. The van der Waals surface area contributed by atoms with Crippen LogP contribution in [-0.4, -0.2) is 21.7 Å². The van der Waals surface area contributed by atoms with E-state index in [4.69, 9.17) is 0 Å². The molecule has 4 nitrogen and oxygen atoms in total. The van der Waals surface area contributed by atoms with Crippen LogP contribution in [0.1, 0.15) is 43.5 Å². The largest absolute Gasteiger partial charge is 0.503 e. The van der Waals surface area contributed by atoms with Crippen LogP contribution < -0.4 is 0 Å². The molecular formula is C23H24FNO3. The summed E-state index contributed by atoms with van der Waals surface area (Å²) in [5.74, 6) is -1.74. The van der Waals surface area contributed by atoms with Crippen molar-refractivity contribution in [3.05, 3.63) is 82.4 Å². The highest BCUT2D eigenvalue weighted by molar-refractivity contribution is 6.10. The fraction of sp³-hybridized carbons (Fsp3) is 0.304. The Balaban J connectivity index is 2.09. The monoisotopic (exact) mass is 381 g/mol. The second-order valence-electron chi connectivity index (χ2n) is 8.22. The summed E-state index contributed by atoms with van der Waals surface area (Å²) in [4.78, 5) is 27.4. The molecule has 0 radical (unpaired) electrons. The van der Waals surface area contributed by atoms with E-state index in [0.717, 1.165) is 11.1 Å². The third kappa shape index (κ3) is 3.70. The lowest BCUT2D eigenvalue weighted by Crippen LogP contribution is -2.32. The van der Waals surface area contributed by atoms with E-state index >= 15 is 0 Å². The van der Waals surface area contributed by atoms with Gasteiger partial charge in [0.1, 0.15) is 5.82 Å². The van der Waals surface area contributed by atoms with E-state index in [1.54, 1.807) is 32.9 Å². The first kappa shape index (κ1) is 19.8. The van der Waals surface area contributed by atoms with E-state index < -0.39 is 23.1 Å². The standard InChI is InChI=1S/C23H24FNO3/c1-14-6-5-7-16(12-14)19-18(21(27)23(2,3)4)20(26)22(28)25(19)13-15-8-10-17(24)11-9-15/h5-12,19,26H,13H2,1-4H3. The molecule has 1 aliphatic heterocycles. The summed E-state index contributed by atoms with van der Waals surface area (Å²) in [6, 6.07) is 12.7. The van der Waals surface area contributed by atoms with Gasteiger partial charge in [0.15, 0.2) is 11.5 Å². The van der Waals surface area contributed by atoms with Gasteiger partial charge in [-0.1, -0.05) is 62.7 Å². The minimum absolute atomic E-state index is 0.116. The Hall–Kier alpha value is -2.95. The second-order valence-corrected chi connectivity index (χ2v) is 8.22. The molecule has 1 unspecified atom stereocenters. The predicted molar refractivity (Wildman–Crippen MR) is 105 cm³/mol. The van der Waals surface area contributed by atoms with Crippen molar-refractivity contribution in [1.82, 2.24) is 4.90 Å².